The van der Waals surface area contributed by atoms with Crippen molar-refractivity contribution in [3.05, 3.63) is 459 Å². The van der Waals surface area contributed by atoms with E-state index in [1.165, 1.54) is 55.6 Å². The van der Waals surface area contributed by atoms with Gasteiger partial charge < -0.3 is 0 Å². The third-order valence-electron chi connectivity index (χ3n) is 20.3. The Hall–Kier alpha value is -15.4. The molecule has 0 amide bonds. The molecule has 0 aliphatic heterocycles. The normalized spacial score (nSPS) is 10.7. The lowest BCUT2D eigenvalue weighted by atomic mass is 10.0. The van der Waals surface area contributed by atoms with Crippen LogP contribution < -0.4 is 0 Å². The Balaban J connectivity index is 0.000000118. The molecular weight excluding hydrogens is 1430 g/mol. The van der Waals surface area contributed by atoms with Crippen LogP contribution in [0.4, 0.5) is 0 Å². The van der Waals surface area contributed by atoms with Crippen molar-refractivity contribution < 1.29 is 0 Å². The van der Waals surface area contributed by atoms with Crippen molar-refractivity contribution in [3.8, 4) is 169 Å². The van der Waals surface area contributed by atoms with E-state index in [0.29, 0.717) is 0 Å². The molecule has 8 nitrogen and oxygen atoms in total. The number of aryl methyl sites for hydroxylation is 4. The van der Waals surface area contributed by atoms with E-state index in [4.69, 9.17) is 34.9 Å². The number of aromatic nitrogens is 8. The highest BCUT2D eigenvalue weighted by Crippen LogP contribution is 2.36. The Morgan fingerprint density at radius 3 is 0.729 bits per heavy atom. The Morgan fingerprint density at radius 2 is 0.381 bits per heavy atom. The second-order valence-corrected chi connectivity index (χ2v) is 28.9. The quantitative estimate of drug-likeness (QED) is 0.1000. The van der Waals surface area contributed by atoms with E-state index in [1.807, 2.05) is 134 Å². The van der Waals surface area contributed by atoms with E-state index in [1.54, 1.807) is 0 Å². The summed E-state index contributed by atoms with van der Waals surface area (Å²) in [5.41, 5.74) is 32.3. The molecule has 4 aromatic heterocycles. The topological polar surface area (TPSA) is 103 Å². The summed E-state index contributed by atoms with van der Waals surface area (Å²) < 4.78 is 0. The van der Waals surface area contributed by atoms with Gasteiger partial charge in [0.1, 0.15) is 0 Å². The molecule has 0 saturated carbocycles. The maximum absolute atomic E-state index is 4.98. The van der Waals surface area contributed by atoms with Crippen LogP contribution in [0.5, 0.6) is 0 Å². The summed E-state index contributed by atoms with van der Waals surface area (Å²) in [6.07, 6.45) is 0. The van der Waals surface area contributed by atoms with E-state index in [-0.39, 0.29) is 0 Å². The number of benzene rings is 15. The lowest BCUT2D eigenvalue weighted by molar-refractivity contribution is 1.11. The summed E-state index contributed by atoms with van der Waals surface area (Å²) in [6.45, 7) is 8.30. The minimum absolute atomic E-state index is 0.735. The number of rotatable bonds is 15. The van der Waals surface area contributed by atoms with Gasteiger partial charge in [-0.25, -0.2) is 39.9 Å². The van der Waals surface area contributed by atoms with E-state index < -0.39 is 0 Å². The van der Waals surface area contributed by atoms with E-state index >= 15 is 0 Å². The zero-order chi connectivity index (χ0) is 80.2. The summed E-state index contributed by atoms with van der Waals surface area (Å²) >= 11 is 0. The van der Waals surface area contributed by atoms with Crippen molar-refractivity contribution >= 4 is 0 Å². The molecule has 0 radical (unpaired) electrons. The Kier molecular flexibility index (Phi) is 24.1. The van der Waals surface area contributed by atoms with Crippen LogP contribution >= 0.6 is 0 Å². The standard InChI is InChI=1S/3C29H22N2.C23H18N2/c1-21-10-8-17-26(18-21)29-30-27(23-13-6-3-7-14-23)20-28(31-29)25-16-9-15-24(19-25)22-11-4-2-5-12-22;1-21-11-8-9-18-26(21)29-30-27(23-14-6-3-7-15-23)20-28(31-29)25-17-10-16-24(19-25)22-12-4-2-5-13-22;1-21-15-17-23(18-16-21)27-20-28(31-29(30-27)24-11-6-3-7-12-24)26-14-8-13-25(19-26)22-9-4-2-5-10-22;1-17-15-22(25-23(24-17)19-11-6-3-7-12-19)21-14-8-13-20(16-21)18-9-4-2-5-10-18/h3*2-20H,1H3;2-16H,1H3. The maximum Gasteiger partial charge on any atom is 0.160 e. The molecule has 4 heterocycles. The van der Waals surface area contributed by atoms with Crippen LogP contribution in [0.3, 0.4) is 0 Å². The van der Waals surface area contributed by atoms with Gasteiger partial charge in [-0.05, 0) is 132 Å². The SMILES string of the molecule is Cc1cc(-c2cccc(-c3ccccc3)c2)nc(-c2ccccc2)n1.Cc1ccc(-c2cc(-c3cccc(-c4ccccc4)c3)nc(-c3ccccc3)n2)cc1.Cc1cccc(-c2nc(-c3ccccc3)cc(-c3cccc(-c4ccccc4)c3)n2)c1.Cc1ccccc1-c1nc(-c2ccccc2)cc(-c2cccc(-c3ccccc3)c2)n1. The van der Waals surface area contributed by atoms with Crippen LogP contribution in [0, 0.1) is 27.7 Å². The molecule has 15 aromatic carbocycles. The smallest absolute Gasteiger partial charge is 0.160 e. The fourth-order valence-corrected chi connectivity index (χ4v) is 14.1. The van der Waals surface area contributed by atoms with E-state index in [0.717, 1.165) is 136 Å². The molecule has 0 spiro atoms. The molecule has 0 atom stereocenters. The minimum Gasteiger partial charge on any atom is -0.233 e. The molecule has 0 saturated heterocycles. The minimum atomic E-state index is 0.735. The number of hydrogen-bond acceptors (Lipinski definition) is 8. The monoisotopic (exact) mass is 1520 g/mol. The van der Waals surface area contributed by atoms with Crippen molar-refractivity contribution in [3.63, 3.8) is 0 Å². The first-order chi connectivity index (χ1) is 58.1. The third kappa shape index (κ3) is 19.3. The molecule has 19 rings (SSSR count). The lowest BCUT2D eigenvalue weighted by Crippen LogP contribution is -1.97. The predicted octanol–water partition coefficient (Wildman–Crippen LogP) is 28.1. The Labute approximate surface area is 691 Å². The highest BCUT2D eigenvalue weighted by atomic mass is 14.9. The van der Waals surface area contributed by atoms with Gasteiger partial charge >= 0.3 is 0 Å². The summed E-state index contributed by atoms with van der Waals surface area (Å²) in [6, 6.07) is 150. The Bertz CT molecular complexity index is 6550. The third-order valence-corrected chi connectivity index (χ3v) is 20.3. The van der Waals surface area contributed by atoms with Gasteiger partial charge in [-0.3, -0.25) is 0 Å². The van der Waals surface area contributed by atoms with Crippen LogP contribution in [-0.4, -0.2) is 39.9 Å². The molecule has 0 bridgehead atoms. The zero-order valence-corrected chi connectivity index (χ0v) is 66.1. The Morgan fingerprint density at radius 1 is 0.136 bits per heavy atom. The highest BCUT2D eigenvalue weighted by Gasteiger charge is 2.17. The van der Waals surface area contributed by atoms with Gasteiger partial charge in [-0.2, -0.15) is 0 Å². The van der Waals surface area contributed by atoms with Crippen molar-refractivity contribution in [2.24, 2.45) is 0 Å². The lowest BCUT2D eigenvalue weighted by Gasteiger charge is -2.11. The first-order valence-electron chi connectivity index (χ1n) is 39.7. The van der Waals surface area contributed by atoms with E-state index in [2.05, 4.69) is 335 Å². The predicted molar refractivity (Wildman–Crippen MR) is 489 cm³/mol. The summed E-state index contributed by atoms with van der Waals surface area (Å²) in [7, 11) is 0. The molecule has 8 heteroatoms. The molecule has 0 aliphatic rings. The fourth-order valence-electron chi connectivity index (χ4n) is 14.1. The average Bonchev–Trinajstić information content (AvgIpc) is 0.817. The van der Waals surface area contributed by atoms with Gasteiger partial charge in [-0.15, -0.1) is 0 Å². The number of hydrogen-bond donors (Lipinski definition) is 0. The summed E-state index contributed by atoms with van der Waals surface area (Å²) in [5.74, 6) is 2.99. The first kappa shape index (κ1) is 76.6. The van der Waals surface area contributed by atoms with Crippen LogP contribution in [0.2, 0.25) is 0 Å². The van der Waals surface area contributed by atoms with Crippen LogP contribution in [-0.2, 0) is 0 Å². The van der Waals surface area contributed by atoms with Crippen LogP contribution in [0.1, 0.15) is 22.4 Å². The van der Waals surface area contributed by atoms with Gasteiger partial charge in [0.05, 0.1) is 39.9 Å². The number of nitrogens with zero attached hydrogens (tertiary/aromatic N) is 8. The van der Waals surface area contributed by atoms with Gasteiger partial charge in [-0.1, -0.05) is 393 Å². The van der Waals surface area contributed by atoms with Gasteiger partial charge in [0.15, 0.2) is 23.3 Å². The zero-order valence-electron chi connectivity index (χ0n) is 66.1. The second kappa shape index (κ2) is 37.1. The molecule has 118 heavy (non-hydrogen) atoms. The van der Waals surface area contributed by atoms with E-state index in [9.17, 15) is 0 Å². The van der Waals surface area contributed by atoms with Gasteiger partial charge in [0.25, 0.3) is 0 Å². The average molecular weight is 1520 g/mol. The summed E-state index contributed by atoms with van der Waals surface area (Å²) in [4.78, 5) is 39.0. The fraction of sp³-hybridized carbons (Fsp3) is 0.0364. The molecule has 0 aliphatic carbocycles. The molecule has 0 fully saturated rings. The van der Waals surface area contributed by atoms with Crippen molar-refractivity contribution in [1.29, 1.82) is 0 Å². The molecular formula is C110H84N8. The maximum atomic E-state index is 4.98. The van der Waals surface area contributed by atoms with Crippen LogP contribution in [0.15, 0.2) is 437 Å². The van der Waals surface area contributed by atoms with Crippen molar-refractivity contribution in [1.82, 2.24) is 39.9 Å². The summed E-state index contributed by atoms with van der Waals surface area (Å²) in [5, 5.41) is 0. The molecule has 19 aromatic rings. The molecule has 0 unspecified atom stereocenters. The second-order valence-electron chi connectivity index (χ2n) is 28.9. The van der Waals surface area contributed by atoms with Gasteiger partial charge in [0.2, 0.25) is 0 Å². The first-order valence-corrected chi connectivity index (χ1v) is 39.7. The molecule has 564 valence electrons. The van der Waals surface area contributed by atoms with Crippen LogP contribution in [0.25, 0.3) is 169 Å². The van der Waals surface area contributed by atoms with Crippen molar-refractivity contribution in [2.45, 2.75) is 27.7 Å². The van der Waals surface area contributed by atoms with Crippen molar-refractivity contribution in [2.75, 3.05) is 0 Å². The highest BCUT2D eigenvalue weighted by molar-refractivity contribution is 5.81. The largest absolute Gasteiger partial charge is 0.233 e. The van der Waals surface area contributed by atoms with Gasteiger partial charge in [0, 0.05) is 66.9 Å². The molecule has 0 N–H and O–H groups in total.